The maximum atomic E-state index is 11.1. The van der Waals surface area contributed by atoms with Crippen LogP contribution in [0.2, 0.25) is 0 Å². The van der Waals surface area contributed by atoms with E-state index >= 15 is 0 Å². The van der Waals surface area contributed by atoms with E-state index in [4.69, 9.17) is 9.66 Å². The average Bonchev–Trinajstić information content (AvgIpc) is 2.38. The van der Waals surface area contributed by atoms with Gasteiger partial charge in [-0.05, 0) is 30.5 Å². The lowest BCUT2D eigenvalue weighted by atomic mass is 10.1. The largest absolute Gasteiger partial charge is 0.507 e. The minimum atomic E-state index is -4.41. The molecule has 0 radical (unpaired) electrons. The summed E-state index contributed by atoms with van der Waals surface area (Å²) in [7, 11) is -4.41. The number of hydrogen-bond donors (Lipinski definition) is 4. The fraction of sp³-hybridized carbons (Fsp3) is 0.154. The molecule has 0 aromatic heterocycles. The topological polar surface area (TPSA) is 124 Å². The van der Waals surface area contributed by atoms with E-state index in [0.717, 1.165) is 6.07 Å². The van der Waals surface area contributed by atoms with Crippen LogP contribution in [0.15, 0.2) is 35.2 Å². The summed E-state index contributed by atoms with van der Waals surface area (Å²) in [5, 5.41) is 22.2. The number of carboxylic acid groups (broad SMARTS) is 1. The lowest BCUT2D eigenvalue weighted by Gasteiger charge is -2.12. The van der Waals surface area contributed by atoms with Gasteiger partial charge in [0, 0.05) is 17.1 Å². The van der Waals surface area contributed by atoms with Crippen molar-refractivity contribution in [2.24, 2.45) is 0 Å². The first kappa shape index (κ1) is 15.1. The second-order valence-electron chi connectivity index (χ2n) is 4.56. The van der Waals surface area contributed by atoms with Crippen LogP contribution >= 0.6 is 0 Å². The first-order valence-corrected chi connectivity index (χ1v) is 7.36. The summed E-state index contributed by atoms with van der Waals surface area (Å²) in [6.07, 6.45) is 0. The highest BCUT2D eigenvalue weighted by Crippen LogP contribution is 2.30. The lowest BCUT2D eigenvalue weighted by Crippen LogP contribution is -2.25. The van der Waals surface area contributed by atoms with Crippen LogP contribution in [-0.4, -0.2) is 35.2 Å². The predicted octanol–water partition coefficient (Wildman–Crippen LogP) is 1.68. The van der Waals surface area contributed by atoms with Crippen molar-refractivity contribution < 1.29 is 28.0 Å². The molecule has 0 fully saturated rings. The molecule has 0 aliphatic carbocycles. The van der Waals surface area contributed by atoms with E-state index < -0.39 is 27.0 Å². The zero-order chi connectivity index (χ0) is 15.8. The van der Waals surface area contributed by atoms with Gasteiger partial charge in [0.25, 0.3) is 10.1 Å². The highest BCUT2D eigenvalue weighted by molar-refractivity contribution is 7.85. The lowest BCUT2D eigenvalue weighted by molar-refractivity contribution is -0.137. The minimum Gasteiger partial charge on any atom is -0.507 e. The summed E-state index contributed by atoms with van der Waals surface area (Å²) in [6, 6.07) is 5.89. The maximum absolute atomic E-state index is 11.1. The number of nitrogens with one attached hydrogen (secondary N) is 1. The molecular weight excluding hydrogens is 298 g/mol. The number of anilines is 1. The zero-order valence-corrected chi connectivity index (χ0v) is 11.8. The van der Waals surface area contributed by atoms with Crippen LogP contribution < -0.4 is 5.32 Å². The van der Waals surface area contributed by atoms with Gasteiger partial charge in [0.05, 0.1) is 4.90 Å². The molecule has 1 atom stereocenters. The van der Waals surface area contributed by atoms with E-state index in [1.807, 2.05) is 0 Å². The maximum Gasteiger partial charge on any atom is 0.325 e. The second-order valence-corrected chi connectivity index (χ2v) is 5.98. The van der Waals surface area contributed by atoms with Gasteiger partial charge in [0.1, 0.15) is 11.8 Å². The molecular formula is C13H13NO6S. The highest BCUT2D eigenvalue weighted by Gasteiger charge is 2.15. The van der Waals surface area contributed by atoms with Gasteiger partial charge in [0.15, 0.2) is 0 Å². The molecule has 1 unspecified atom stereocenters. The quantitative estimate of drug-likeness (QED) is 0.633. The first-order chi connectivity index (χ1) is 9.68. The Bertz CT molecular complexity index is 815. The van der Waals surface area contributed by atoms with Crippen molar-refractivity contribution in [1.82, 2.24) is 0 Å². The Kier molecular flexibility index (Phi) is 3.75. The number of fused-ring (bicyclic) bond motifs is 1. The summed E-state index contributed by atoms with van der Waals surface area (Å²) >= 11 is 0. The molecule has 4 N–H and O–H groups in total. The molecule has 21 heavy (non-hydrogen) atoms. The van der Waals surface area contributed by atoms with Crippen molar-refractivity contribution in [2.45, 2.75) is 17.9 Å². The van der Waals surface area contributed by atoms with Crippen molar-refractivity contribution in [1.29, 1.82) is 0 Å². The van der Waals surface area contributed by atoms with E-state index in [0.29, 0.717) is 16.5 Å². The minimum absolute atomic E-state index is 0.327. The standard InChI is InChI=1S/C13H13NO6S/c1-7(13(16)17)14-9-3-2-8-4-10(21(18,19)20)6-12(15)11(8)5-9/h2-7,14-15H,1H3,(H,16,17)(H,18,19,20). The molecule has 0 aliphatic heterocycles. The van der Waals surface area contributed by atoms with E-state index in [2.05, 4.69) is 5.32 Å². The summed E-state index contributed by atoms with van der Waals surface area (Å²) in [5.41, 5.74) is 0.465. The van der Waals surface area contributed by atoms with Crippen molar-refractivity contribution >= 4 is 32.5 Å². The van der Waals surface area contributed by atoms with Gasteiger partial charge >= 0.3 is 5.97 Å². The van der Waals surface area contributed by atoms with Crippen LogP contribution in [0.25, 0.3) is 10.8 Å². The Hall–Kier alpha value is -2.32. The number of phenolic OH excluding ortho intramolecular Hbond substituents is 1. The molecule has 7 nitrogen and oxygen atoms in total. The Labute approximate surface area is 120 Å². The van der Waals surface area contributed by atoms with Gasteiger partial charge in [-0.2, -0.15) is 8.42 Å². The molecule has 0 bridgehead atoms. The van der Waals surface area contributed by atoms with Gasteiger partial charge in [-0.1, -0.05) is 6.07 Å². The number of benzene rings is 2. The SMILES string of the molecule is CC(Nc1ccc2cc(S(=O)(=O)O)cc(O)c2c1)C(=O)O. The third-order valence-corrected chi connectivity index (χ3v) is 3.79. The van der Waals surface area contributed by atoms with Crippen molar-refractivity contribution in [3.8, 4) is 5.75 Å². The van der Waals surface area contributed by atoms with E-state index in [9.17, 15) is 18.3 Å². The Morgan fingerprint density at radius 2 is 1.90 bits per heavy atom. The number of carboxylic acids is 1. The van der Waals surface area contributed by atoms with Crippen LogP contribution in [-0.2, 0) is 14.9 Å². The third-order valence-electron chi connectivity index (χ3n) is 2.96. The summed E-state index contributed by atoms with van der Waals surface area (Å²) in [4.78, 5) is 10.4. The summed E-state index contributed by atoms with van der Waals surface area (Å²) in [5.74, 6) is -1.35. The fourth-order valence-corrected chi connectivity index (χ4v) is 2.40. The van der Waals surface area contributed by atoms with Gasteiger partial charge < -0.3 is 15.5 Å². The predicted molar refractivity (Wildman–Crippen MR) is 76.1 cm³/mol. The van der Waals surface area contributed by atoms with E-state index in [-0.39, 0.29) is 5.75 Å². The van der Waals surface area contributed by atoms with E-state index in [1.165, 1.54) is 25.1 Å². The number of rotatable bonds is 4. The zero-order valence-electron chi connectivity index (χ0n) is 10.9. The van der Waals surface area contributed by atoms with Gasteiger partial charge in [0.2, 0.25) is 0 Å². The average molecular weight is 311 g/mol. The molecule has 0 saturated heterocycles. The monoisotopic (exact) mass is 311 g/mol. The molecule has 8 heteroatoms. The highest BCUT2D eigenvalue weighted by atomic mass is 32.2. The van der Waals surface area contributed by atoms with Crippen LogP contribution in [0, 0.1) is 0 Å². The van der Waals surface area contributed by atoms with E-state index in [1.54, 1.807) is 6.07 Å². The molecule has 0 amide bonds. The molecule has 2 aromatic rings. The molecule has 0 spiro atoms. The van der Waals surface area contributed by atoms with Crippen LogP contribution in [0.4, 0.5) is 5.69 Å². The Morgan fingerprint density at radius 3 is 2.48 bits per heavy atom. The number of aromatic hydroxyl groups is 1. The first-order valence-electron chi connectivity index (χ1n) is 5.92. The molecule has 2 rings (SSSR count). The van der Waals surface area contributed by atoms with Crippen LogP contribution in [0.1, 0.15) is 6.92 Å². The fourth-order valence-electron chi connectivity index (χ4n) is 1.86. The Morgan fingerprint density at radius 1 is 1.24 bits per heavy atom. The smallest absolute Gasteiger partial charge is 0.325 e. The summed E-state index contributed by atoms with van der Waals surface area (Å²) in [6.45, 7) is 1.47. The van der Waals surface area contributed by atoms with Crippen molar-refractivity contribution in [2.75, 3.05) is 5.32 Å². The molecule has 0 heterocycles. The molecule has 2 aromatic carbocycles. The molecule has 0 saturated carbocycles. The van der Waals surface area contributed by atoms with Gasteiger partial charge in [-0.15, -0.1) is 0 Å². The van der Waals surface area contributed by atoms with Crippen LogP contribution in [0.3, 0.4) is 0 Å². The second kappa shape index (κ2) is 5.23. The number of aliphatic carboxylic acids is 1. The molecule has 0 aliphatic rings. The van der Waals surface area contributed by atoms with Crippen molar-refractivity contribution in [3.05, 3.63) is 30.3 Å². The van der Waals surface area contributed by atoms with Gasteiger partial charge in [-0.3, -0.25) is 9.35 Å². The molecule has 112 valence electrons. The number of carbonyl (C=O) groups is 1. The van der Waals surface area contributed by atoms with Gasteiger partial charge in [-0.25, -0.2) is 0 Å². The Balaban J connectivity index is 2.50. The number of hydrogen-bond acceptors (Lipinski definition) is 5. The van der Waals surface area contributed by atoms with Crippen molar-refractivity contribution in [3.63, 3.8) is 0 Å². The van der Waals surface area contributed by atoms with Crippen LogP contribution in [0.5, 0.6) is 5.75 Å². The normalized spacial score (nSPS) is 13.0. The third kappa shape index (κ3) is 3.23. The summed E-state index contributed by atoms with van der Waals surface area (Å²) < 4.78 is 31.2. The number of phenols is 1.